The fourth-order valence-corrected chi connectivity index (χ4v) is 5.18. The fourth-order valence-electron chi connectivity index (χ4n) is 4.54. The molecule has 0 spiro atoms. The number of rotatable bonds is 6. The maximum atomic E-state index is 12.2. The summed E-state index contributed by atoms with van der Waals surface area (Å²) in [5.74, 6) is 0.368. The summed E-state index contributed by atoms with van der Waals surface area (Å²) in [6.45, 7) is 8.70. The zero-order valence-electron chi connectivity index (χ0n) is 18.3. The first-order valence-electron chi connectivity index (χ1n) is 11.0. The molecule has 5 nitrogen and oxygen atoms in total. The molecule has 2 aliphatic heterocycles. The minimum Gasteiger partial charge on any atom is -0.447 e. The van der Waals surface area contributed by atoms with Gasteiger partial charge < -0.3 is 14.5 Å². The van der Waals surface area contributed by atoms with Gasteiger partial charge in [0.1, 0.15) is 6.61 Å². The van der Waals surface area contributed by atoms with Gasteiger partial charge in [-0.3, -0.25) is 4.90 Å². The number of nitrogens with zero attached hydrogens (tertiary/aromatic N) is 3. The van der Waals surface area contributed by atoms with Crippen LogP contribution in [0.5, 0.6) is 0 Å². The molecule has 8 heteroatoms. The average Bonchev–Trinajstić information content (AvgIpc) is 3.14. The third kappa shape index (κ3) is 5.12. The van der Waals surface area contributed by atoms with E-state index in [-0.39, 0.29) is 18.2 Å². The summed E-state index contributed by atoms with van der Waals surface area (Å²) in [7, 11) is 0. The van der Waals surface area contributed by atoms with Crippen LogP contribution in [0.2, 0.25) is 15.1 Å². The highest BCUT2D eigenvalue weighted by Crippen LogP contribution is 2.36. The third-order valence-corrected chi connectivity index (χ3v) is 7.17. The average molecular weight is 497 g/mol. The van der Waals surface area contributed by atoms with Crippen molar-refractivity contribution in [2.24, 2.45) is 5.92 Å². The molecule has 0 aliphatic carbocycles. The molecule has 32 heavy (non-hydrogen) atoms. The van der Waals surface area contributed by atoms with E-state index in [4.69, 9.17) is 39.5 Å². The number of halogens is 3. The van der Waals surface area contributed by atoms with Crippen molar-refractivity contribution in [2.75, 3.05) is 44.2 Å². The molecular weight excluding hydrogens is 469 g/mol. The van der Waals surface area contributed by atoms with Crippen LogP contribution in [0.4, 0.5) is 10.5 Å². The number of anilines is 1. The van der Waals surface area contributed by atoms with Gasteiger partial charge in [0.2, 0.25) is 0 Å². The van der Waals surface area contributed by atoms with E-state index in [9.17, 15) is 4.79 Å². The summed E-state index contributed by atoms with van der Waals surface area (Å²) in [6.07, 6.45) is -0.204. The maximum absolute atomic E-state index is 12.2. The van der Waals surface area contributed by atoms with Crippen LogP contribution in [0.1, 0.15) is 25.5 Å². The van der Waals surface area contributed by atoms with Crippen molar-refractivity contribution in [3.05, 3.63) is 63.1 Å². The van der Waals surface area contributed by atoms with Gasteiger partial charge in [-0.05, 0) is 41.8 Å². The minimum absolute atomic E-state index is 0.103. The molecule has 2 heterocycles. The largest absolute Gasteiger partial charge is 0.447 e. The van der Waals surface area contributed by atoms with Crippen LogP contribution in [0.25, 0.3) is 0 Å². The molecule has 2 aliphatic rings. The van der Waals surface area contributed by atoms with E-state index in [1.807, 2.05) is 29.2 Å². The minimum atomic E-state index is -0.204. The topological polar surface area (TPSA) is 36.0 Å². The lowest BCUT2D eigenvalue weighted by atomic mass is 10.0. The molecule has 0 radical (unpaired) electrons. The van der Waals surface area contributed by atoms with E-state index in [0.29, 0.717) is 34.1 Å². The highest BCUT2D eigenvalue weighted by atomic mass is 35.5. The molecule has 4 rings (SSSR count). The van der Waals surface area contributed by atoms with Gasteiger partial charge in [-0.15, -0.1) is 0 Å². The second kappa shape index (κ2) is 10.1. The molecule has 2 atom stereocenters. The zero-order chi connectivity index (χ0) is 22.8. The summed E-state index contributed by atoms with van der Waals surface area (Å²) in [5, 5.41) is 1.98. The van der Waals surface area contributed by atoms with E-state index in [2.05, 4.69) is 35.8 Å². The van der Waals surface area contributed by atoms with Crippen LogP contribution >= 0.6 is 34.8 Å². The van der Waals surface area contributed by atoms with Crippen molar-refractivity contribution >= 4 is 46.6 Å². The van der Waals surface area contributed by atoms with Crippen LogP contribution < -0.4 is 4.90 Å². The number of cyclic esters (lactones) is 1. The first-order chi connectivity index (χ1) is 15.3. The summed E-state index contributed by atoms with van der Waals surface area (Å²) in [5.41, 5.74) is 2.14. The molecule has 0 unspecified atom stereocenters. The normalized spacial score (nSPS) is 22.0. The van der Waals surface area contributed by atoms with E-state index < -0.39 is 0 Å². The Morgan fingerprint density at radius 3 is 2.41 bits per heavy atom. The fraction of sp³-hybridized carbons (Fsp3) is 0.458. The molecule has 2 fully saturated rings. The molecule has 0 saturated carbocycles. The Kier molecular flexibility index (Phi) is 7.40. The van der Waals surface area contributed by atoms with Gasteiger partial charge in [0, 0.05) is 42.8 Å². The second-order valence-electron chi connectivity index (χ2n) is 8.74. The van der Waals surface area contributed by atoms with Crippen molar-refractivity contribution in [1.29, 1.82) is 0 Å². The SMILES string of the molecule is CC(C)[C@@H]1COC(=O)N1CCN1CCN(c2ccc(Cl)cc2Cl)[C@H](c2ccc(Cl)cc2)C1. The molecule has 2 aromatic rings. The first kappa shape index (κ1) is 23.5. The van der Waals surface area contributed by atoms with Gasteiger partial charge in [-0.2, -0.15) is 0 Å². The quantitative estimate of drug-likeness (QED) is 0.492. The Balaban J connectivity index is 1.52. The van der Waals surface area contributed by atoms with Crippen molar-refractivity contribution < 1.29 is 9.53 Å². The van der Waals surface area contributed by atoms with Crippen molar-refractivity contribution in [2.45, 2.75) is 25.9 Å². The van der Waals surface area contributed by atoms with Crippen LogP contribution in [-0.4, -0.2) is 61.3 Å². The standard InChI is InChI=1S/C24H28Cl3N3O2/c1-16(2)23-15-32-24(31)30(23)12-10-28-9-11-29(21-8-7-19(26)13-20(21)27)22(14-28)17-3-5-18(25)6-4-17/h3-8,13,16,22-23H,9-12,14-15H2,1-2H3/t22-,23-/m0/s1. The Hall–Kier alpha value is -1.66. The van der Waals surface area contributed by atoms with E-state index in [1.165, 1.54) is 5.56 Å². The molecule has 172 valence electrons. The van der Waals surface area contributed by atoms with Crippen molar-refractivity contribution in [1.82, 2.24) is 9.80 Å². The number of hydrogen-bond acceptors (Lipinski definition) is 4. The summed E-state index contributed by atoms with van der Waals surface area (Å²) >= 11 is 18.8. The number of carbonyl (C=O) groups is 1. The number of benzene rings is 2. The van der Waals surface area contributed by atoms with Crippen molar-refractivity contribution in [3.8, 4) is 0 Å². The zero-order valence-corrected chi connectivity index (χ0v) is 20.6. The monoisotopic (exact) mass is 495 g/mol. The molecule has 2 aromatic carbocycles. The smallest absolute Gasteiger partial charge is 0.410 e. The molecule has 0 bridgehead atoms. The lowest BCUT2D eigenvalue weighted by Gasteiger charge is -2.44. The summed E-state index contributed by atoms with van der Waals surface area (Å²) in [6, 6.07) is 13.9. The molecular formula is C24H28Cl3N3O2. The van der Waals surface area contributed by atoms with E-state index in [1.54, 1.807) is 6.07 Å². The number of amides is 1. The van der Waals surface area contributed by atoms with Gasteiger partial charge in [0.25, 0.3) is 0 Å². The van der Waals surface area contributed by atoms with Crippen LogP contribution in [0.3, 0.4) is 0 Å². The maximum Gasteiger partial charge on any atom is 0.410 e. The van der Waals surface area contributed by atoms with Gasteiger partial charge >= 0.3 is 6.09 Å². The Morgan fingerprint density at radius 2 is 1.72 bits per heavy atom. The second-order valence-corrected chi connectivity index (χ2v) is 10.0. The Labute approximate surface area is 204 Å². The Morgan fingerprint density at radius 1 is 1.00 bits per heavy atom. The third-order valence-electron chi connectivity index (χ3n) is 6.38. The van der Waals surface area contributed by atoms with E-state index in [0.717, 1.165) is 31.9 Å². The van der Waals surface area contributed by atoms with Crippen LogP contribution in [-0.2, 0) is 4.74 Å². The summed E-state index contributed by atoms with van der Waals surface area (Å²) in [4.78, 5) is 18.8. The molecule has 1 amide bonds. The number of piperazine rings is 1. The Bertz CT molecular complexity index is 954. The molecule has 2 saturated heterocycles. The van der Waals surface area contributed by atoms with Crippen LogP contribution in [0, 0.1) is 5.92 Å². The van der Waals surface area contributed by atoms with Crippen molar-refractivity contribution in [3.63, 3.8) is 0 Å². The van der Waals surface area contributed by atoms with Gasteiger partial charge in [0.05, 0.1) is 22.8 Å². The van der Waals surface area contributed by atoms with Gasteiger partial charge in [-0.25, -0.2) is 4.79 Å². The summed E-state index contributed by atoms with van der Waals surface area (Å²) < 4.78 is 5.30. The van der Waals surface area contributed by atoms with Crippen LogP contribution in [0.15, 0.2) is 42.5 Å². The van der Waals surface area contributed by atoms with E-state index >= 15 is 0 Å². The number of carbonyl (C=O) groups excluding carboxylic acids is 1. The predicted octanol–water partition coefficient (Wildman–Crippen LogP) is 5.99. The van der Waals surface area contributed by atoms with Gasteiger partial charge in [0.15, 0.2) is 0 Å². The number of hydrogen-bond donors (Lipinski definition) is 0. The molecule has 0 N–H and O–H groups in total. The lowest BCUT2D eigenvalue weighted by molar-refractivity contribution is 0.144. The highest BCUT2D eigenvalue weighted by molar-refractivity contribution is 6.36. The number of ether oxygens (including phenoxy) is 1. The lowest BCUT2D eigenvalue weighted by Crippen LogP contribution is -2.51. The molecule has 0 aromatic heterocycles. The van der Waals surface area contributed by atoms with Gasteiger partial charge in [-0.1, -0.05) is 60.8 Å². The first-order valence-corrected chi connectivity index (χ1v) is 12.1. The highest BCUT2D eigenvalue weighted by Gasteiger charge is 2.36. The predicted molar refractivity (Wildman–Crippen MR) is 131 cm³/mol.